The summed E-state index contributed by atoms with van der Waals surface area (Å²) < 4.78 is 0. The fraction of sp³-hybridized carbons (Fsp3) is 0.594. The van der Waals surface area contributed by atoms with Crippen LogP contribution < -0.4 is 43.8 Å². The van der Waals surface area contributed by atoms with Crippen molar-refractivity contribution in [3.8, 4) is 5.75 Å². The quantitative estimate of drug-likeness (QED) is 0.0456. The largest absolute Gasteiger partial charge is 0.508 e. The zero-order chi connectivity index (χ0) is 38.7. The van der Waals surface area contributed by atoms with E-state index in [0.717, 1.165) is 0 Å². The number of aliphatic hydroxyl groups is 2. The molecule has 6 amide bonds. The maximum absolute atomic E-state index is 13.6. The van der Waals surface area contributed by atoms with Crippen LogP contribution in [0, 0.1) is 5.92 Å². The number of hydrogen-bond acceptors (Lipinski definition) is 12. The Morgan fingerprint density at radius 3 is 1.78 bits per heavy atom. The number of carbonyl (C=O) groups excluding carboxylic acids is 6. The van der Waals surface area contributed by atoms with Gasteiger partial charge in [0.25, 0.3) is 0 Å². The first kappa shape index (κ1) is 44.2. The Morgan fingerprint density at radius 2 is 1.25 bits per heavy atom. The Morgan fingerprint density at radius 1 is 0.725 bits per heavy atom. The van der Waals surface area contributed by atoms with Gasteiger partial charge in [-0.15, -0.1) is 0 Å². The van der Waals surface area contributed by atoms with Gasteiger partial charge >= 0.3 is 5.97 Å². The molecule has 1 aromatic rings. The number of benzene rings is 1. The van der Waals surface area contributed by atoms with Gasteiger partial charge in [-0.1, -0.05) is 38.8 Å². The molecule has 0 saturated heterocycles. The summed E-state index contributed by atoms with van der Waals surface area (Å²) in [4.78, 5) is 88.9. The van der Waals surface area contributed by atoms with Gasteiger partial charge in [-0.3, -0.25) is 28.8 Å². The van der Waals surface area contributed by atoms with Gasteiger partial charge in [-0.25, -0.2) is 4.79 Å². The van der Waals surface area contributed by atoms with Crippen molar-refractivity contribution < 1.29 is 54.0 Å². The third-order valence-corrected chi connectivity index (χ3v) is 8.03. The number of phenolic OH excluding ortho intramolecular Hbond substituents is 1. The molecule has 1 rings (SSSR count). The summed E-state index contributed by atoms with van der Waals surface area (Å²) in [5.74, 6) is -7.40. The number of unbranched alkanes of at least 4 members (excludes halogenated alkanes) is 1. The molecule has 0 unspecified atom stereocenters. The molecule has 0 heterocycles. The lowest BCUT2D eigenvalue weighted by atomic mass is 9.97. The molecule has 0 aliphatic carbocycles. The molecule has 286 valence electrons. The Balaban J connectivity index is 3.28. The number of phenols is 1. The summed E-state index contributed by atoms with van der Waals surface area (Å²) in [7, 11) is 0. The van der Waals surface area contributed by atoms with Crippen molar-refractivity contribution in [2.75, 3.05) is 19.8 Å². The van der Waals surface area contributed by atoms with E-state index in [4.69, 9.17) is 17.2 Å². The lowest BCUT2D eigenvalue weighted by Gasteiger charge is -2.28. The van der Waals surface area contributed by atoms with Crippen molar-refractivity contribution in [3.05, 3.63) is 29.8 Å². The minimum Gasteiger partial charge on any atom is -0.508 e. The van der Waals surface area contributed by atoms with Crippen molar-refractivity contribution in [1.29, 1.82) is 0 Å². The first-order valence-corrected chi connectivity index (χ1v) is 16.6. The molecule has 0 fully saturated rings. The van der Waals surface area contributed by atoms with Gasteiger partial charge in [-0.2, -0.15) is 0 Å². The number of aliphatic hydroxyl groups excluding tert-OH is 2. The highest BCUT2D eigenvalue weighted by molar-refractivity contribution is 5.96. The van der Waals surface area contributed by atoms with Gasteiger partial charge in [0.05, 0.1) is 19.3 Å². The highest BCUT2D eigenvalue weighted by atomic mass is 16.4. The van der Waals surface area contributed by atoms with Crippen LogP contribution in [0.15, 0.2) is 24.3 Å². The smallest absolute Gasteiger partial charge is 0.328 e. The number of hydrogen-bond donors (Lipinski definition) is 12. The van der Waals surface area contributed by atoms with Gasteiger partial charge in [-0.05, 0) is 49.4 Å². The van der Waals surface area contributed by atoms with Crippen molar-refractivity contribution in [2.24, 2.45) is 23.1 Å². The number of rotatable bonds is 24. The van der Waals surface area contributed by atoms with Crippen LogP contribution in [0.25, 0.3) is 0 Å². The number of aromatic hydroxyl groups is 1. The Hall–Kier alpha value is -4.85. The van der Waals surface area contributed by atoms with Crippen LogP contribution in [-0.2, 0) is 40.0 Å². The minimum absolute atomic E-state index is 0.0913. The number of carboxylic acids is 1. The average Bonchev–Trinajstić information content (AvgIpc) is 3.09. The Labute approximate surface area is 295 Å². The van der Waals surface area contributed by atoms with Gasteiger partial charge < -0.3 is 64.2 Å². The fourth-order valence-electron chi connectivity index (χ4n) is 4.69. The highest BCUT2D eigenvalue weighted by Gasteiger charge is 2.34. The number of amides is 6. The van der Waals surface area contributed by atoms with E-state index >= 15 is 0 Å². The summed E-state index contributed by atoms with van der Waals surface area (Å²) >= 11 is 0. The number of nitrogens with one attached hydrogen (secondary N) is 5. The van der Waals surface area contributed by atoms with E-state index in [0.29, 0.717) is 37.8 Å². The predicted molar refractivity (Wildman–Crippen MR) is 182 cm³/mol. The summed E-state index contributed by atoms with van der Waals surface area (Å²) in [5, 5.41) is 50.1. The third kappa shape index (κ3) is 15.7. The number of carboxylic acid groups (broad SMARTS) is 1. The van der Waals surface area contributed by atoms with E-state index in [9.17, 15) is 54.0 Å². The monoisotopic (exact) mass is 724 g/mol. The molecule has 0 aliphatic heterocycles. The molecule has 7 atom stereocenters. The van der Waals surface area contributed by atoms with E-state index < -0.39 is 103 Å². The molecular weight excluding hydrogens is 672 g/mol. The van der Waals surface area contributed by atoms with Gasteiger partial charge in [0.2, 0.25) is 35.4 Å². The van der Waals surface area contributed by atoms with Crippen LogP contribution >= 0.6 is 0 Å². The topological polar surface area (TPSA) is 339 Å². The van der Waals surface area contributed by atoms with Crippen LogP contribution in [0.1, 0.15) is 57.9 Å². The fourth-order valence-corrected chi connectivity index (χ4v) is 4.69. The Bertz CT molecular complexity index is 1330. The maximum Gasteiger partial charge on any atom is 0.328 e. The first-order valence-electron chi connectivity index (χ1n) is 16.6. The second-order valence-electron chi connectivity index (χ2n) is 12.1. The normalized spacial score (nSPS) is 15.1. The summed E-state index contributed by atoms with van der Waals surface area (Å²) in [6.07, 6.45) is 1.01. The van der Waals surface area contributed by atoms with E-state index in [1.165, 1.54) is 24.3 Å². The standard InChI is InChI=1S/C32H52N8O11/c1-3-17(2)26(40-27(45)20(34)6-4-5-13-33)31(49)38-23(15-41)30(48)37-22(14-18-7-9-19(43)10-8-18)29(47)36-21(11-12-25(35)44)28(46)39-24(16-42)32(50)51/h7-10,17,20-24,26,41-43H,3-6,11-16,33-34H2,1-2H3,(H2,35,44)(H,36,47)(H,37,48)(H,38,49)(H,39,46)(H,40,45)(H,50,51)/t17-,20-,21-,22-,23-,24-,26-/m0/s1. The van der Waals surface area contributed by atoms with Gasteiger partial charge in [0, 0.05) is 12.8 Å². The molecule has 51 heavy (non-hydrogen) atoms. The molecule has 0 saturated carbocycles. The molecule has 0 radical (unpaired) electrons. The van der Waals surface area contributed by atoms with Crippen molar-refractivity contribution in [1.82, 2.24) is 26.6 Å². The maximum atomic E-state index is 13.6. The molecule has 0 bridgehead atoms. The van der Waals surface area contributed by atoms with Crippen LogP contribution in [0.3, 0.4) is 0 Å². The van der Waals surface area contributed by atoms with Crippen molar-refractivity contribution in [3.63, 3.8) is 0 Å². The number of carbonyl (C=O) groups is 7. The molecular formula is C32H52N8O11. The molecule has 0 spiro atoms. The zero-order valence-electron chi connectivity index (χ0n) is 28.8. The third-order valence-electron chi connectivity index (χ3n) is 8.03. The number of nitrogens with two attached hydrogens (primary N) is 3. The van der Waals surface area contributed by atoms with Gasteiger partial charge in [0.1, 0.15) is 36.0 Å². The highest BCUT2D eigenvalue weighted by Crippen LogP contribution is 2.13. The van der Waals surface area contributed by atoms with E-state index in [1.54, 1.807) is 13.8 Å². The van der Waals surface area contributed by atoms with E-state index in [-0.39, 0.29) is 18.6 Å². The van der Waals surface area contributed by atoms with Crippen LogP contribution in [0.5, 0.6) is 5.75 Å². The van der Waals surface area contributed by atoms with Crippen LogP contribution in [0.4, 0.5) is 0 Å². The summed E-state index contributed by atoms with van der Waals surface area (Å²) in [5.41, 5.74) is 17.1. The lowest BCUT2D eigenvalue weighted by molar-refractivity contribution is -0.143. The SMILES string of the molecule is CC[C@H](C)[C@H](NC(=O)[C@@H](N)CCCCN)C(=O)N[C@@H](CO)C(=O)N[C@@H](Cc1ccc(O)cc1)C(=O)N[C@@H](CCC(N)=O)C(=O)N[C@@H](CO)C(=O)O. The summed E-state index contributed by atoms with van der Waals surface area (Å²) in [6.45, 7) is 2.00. The van der Waals surface area contributed by atoms with E-state index in [1.807, 2.05) is 5.32 Å². The molecule has 1 aromatic carbocycles. The predicted octanol–water partition coefficient (Wildman–Crippen LogP) is -3.80. The average molecular weight is 725 g/mol. The van der Waals surface area contributed by atoms with Gasteiger partial charge in [0.15, 0.2) is 0 Å². The molecule has 15 N–H and O–H groups in total. The molecule has 0 aliphatic rings. The number of primary amides is 1. The lowest BCUT2D eigenvalue weighted by Crippen LogP contribution is -2.61. The molecule has 0 aromatic heterocycles. The number of aliphatic carboxylic acids is 1. The Kier molecular flexibility index (Phi) is 19.7. The summed E-state index contributed by atoms with van der Waals surface area (Å²) in [6, 6.07) is -2.92. The van der Waals surface area contributed by atoms with Crippen LogP contribution in [-0.4, -0.2) is 118 Å². The zero-order valence-corrected chi connectivity index (χ0v) is 28.8. The second kappa shape index (κ2) is 22.8. The van der Waals surface area contributed by atoms with Crippen LogP contribution in [0.2, 0.25) is 0 Å². The van der Waals surface area contributed by atoms with Crippen molar-refractivity contribution in [2.45, 2.75) is 95.0 Å². The second-order valence-corrected chi connectivity index (χ2v) is 12.1. The first-order chi connectivity index (χ1) is 24.1. The molecule has 19 nitrogen and oxygen atoms in total. The molecule has 19 heteroatoms. The minimum atomic E-state index is -1.73. The van der Waals surface area contributed by atoms with E-state index in [2.05, 4.69) is 21.3 Å². The van der Waals surface area contributed by atoms with Crippen molar-refractivity contribution >= 4 is 41.4 Å².